The van der Waals surface area contributed by atoms with Crippen molar-refractivity contribution in [3.8, 4) is 0 Å². The molecule has 0 heterocycles. The SMILES string of the molecule is CC1(C)CCC(NCC2(NC(=O)OC(C)(C)C)CCC2)CC1. The minimum atomic E-state index is -0.433. The average molecular weight is 310 g/mol. The highest BCUT2D eigenvalue weighted by Gasteiger charge is 2.40. The summed E-state index contributed by atoms with van der Waals surface area (Å²) in [5.41, 5.74) is -0.0200. The van der Waals surface area contributed by atoms with Crippen molar-refractivity contribution in [1.82, 2.24) is 10.6 Å². The van der Waals surface area contributed by atoms with Gasteiger partial charge in [-0.3, -0.25) is 0 Å². The van der Waals surface area contributed by atoms with E-state index in [0.29, 0.717) is 11.5 Å². The highest BCUT2D eigenvalue weighted by atomic mass is 16.6. The first-order valence-corrected chi connectivity index (χ1v) is 8.84. The summed E-state index contributed by atoms with van der Waals surface area (Å²) in [7, 11) is 0. The van der Waals surface area contributed by atoms with Crippen LogP contribution in [0.2, 0.25) is 0 Å². The number of ether oxygens (including phenoxy) is 1. The first-order chi connectivity index (χ1) is 10.1. The van der Waals surface area contributed by atoms with Gasteiger partial charge in [-0.15, -0.1) is 0 Å². The molecule has 0 radical (unpaired) electrons. The molecule has 0 aliphatic heterocycles. The molecule has 2 aliphatic rings. The van der Waals surface area contributed by atoms with Crippen molar-refractivity contribution in [1.29, 1.82) is 0 Å². The van der Waals surface area contributed by atoms with E-state index in [-0.39, 0.29) is 11.6 Å². The predicted octanol–water partition coefficient (Wildman–Crippen LogP) is 3.99. The molecule has 128 valence electrons. The zero-order chi connectivity index (χ0) is 16.4. The van der Waals surface area contributed by atoms with Gasteiger partial charge in [-0.05, 0) is 71.1 Å². The minimum absolute atomic E-state index is 0.0880. The quantitative estimate of drug-likeness (QED) is 0.825. The maximum absolute atomic E-state index is 12.0. The first-order valence-electron chi connectivity index (χ1n) is 8.84. The summed E-state index contributed by atoms with van der Waals surface area (Å²) >= 11 is 0. The second-order valence-corrected chi connectivity index (χ2v) is 9.08. The molecule has 4 nitrogen and oxygen atoms in total. The molecule has 2 aliphatic carbocycles. The smallest absolute Gasteiger partial charge is 0.408 e. The summed E-state index contributed by atoms with van der Waals surface area (Å²) in [6.45, 7) is 11.3. The van der Waals surface area contributed by atoms with Crippen LogP contribution in [0.4, 0.5) is 4.79 Å². The molecule has 2 fully saturated rings. The van der Waals surface area contributed by atoms with Crippen molar-refractivity contribution in [3.63, 3.8) is 0 Å². The van der Waals surface area contributed by atoms with Crippen LogP contribution in [0.1, 0.15) is 79.6 Å². The fourth-order valence-corrected chi connectivity index (χ4v) is 3.41. The number of rotatable bonds is 4. The third-order valence-corrected chi connectivity index (χ3v) is 5.15. The fraction of sp³-hybridized carbons (Fsp3) is 0.944. The van der Waals surface area contributed by atoms with Crippen LogP contribution in [0.15, 0.2) is 0 Å². The Morgan fingerprint density at radius 1 is 1.14 bits per heavy atom. The predicted molar refractivity (Wildman–Crippen MR) is 90.0 cm³/mol. The maximum atomic E-state index is 12.0. The lowest BCUT2D eigenvalue weighted by atomic mass is 9.74. The molecule has 0 spiro atoms. The molecule has 2 N–H and O–H groups in total. The highest BCUT2D eigenvalue weighted by molar-refractivity contribution is 5.69. The Kier molecular flexibility index (Phi) is 5.10. The molecule has 0 aromatic carbocycles. The van der Waals surface area contributed by atoms with E-state index in [9.17, 15) is 4.79 Å². The number of hydrogen-bond donors (Lipinski definition) is 2. The molecule has 4 heteroatoms. The maximum Gasteiger partial charge on any atom is 0.408 e. The molecule has 0 aromatic rings. The monoisotopic (exact) mass is 310 g/mol. The lowest BCUT2D eigenvalue weighted by Crippen LogP contribution is -2.61. The topological polar surface area (TPSA) is 50.4 Å². The van der Waals surface area contributed by atoms with E-state index in [1.54, 1.807) is 0 Å². The summed E-state index contributed by atoms with van der Waals surface area (Å²) in [5.74, 6) is 0. The zero-order valence-electron chi connectivity index (χ0n) is 15.1. The van der Waals surface area contributed by atoms with Crippen LogP contribution >= 0.6 is 0 Å². The van der Waals surface area contributed by atoms with E-state index in [2.05, 4.69) is 24.5 Å². The molecule has 0 atom stereocenters. The average Bonchev–Trinajstić information content (AvgIpc) is 2.31. The fourth-order valence-electron chi connectivity index (χ4n) is 3.41. The van der Waals surface area contributed by atoms with E-state index in [4.69, 9.17) is 4.74 Å². The Balaban J connectivity index is 1.78. The molecule has 2 rings (SSSR count). The van der Waals surface area contributed by atoms with Crippen LogP contribution in [0.5, 0.6) is 0 Å². The van der Waals surface area contributed by atoms with E-state index < -0.39 is 5.60 Å². The number of amides is 1. The largest absolute Gasteiger partial charge is 0.444 e. The summed E-state index contributed by atoms with van der Waals surface area (Å²) in [6.07, 6.45) is 8.09. The lowest BCUT2D eigenvalue weighted by molar-refractivity contribution is 0.0374. The number of hydrogen-bond acceptors (Lipinski definition) is 3. The van der Waals surface area contributed by atoms with Crippen molar-refractivity contribution in [2.45, 2.75) is 96.7 Å². The third-order valence-electron chi connectivity index (χ3n) is 5.15. The van der Waals surface area contributed by atoms with Gasteiger partial charge in [0.1, 0.15) is 5.60 Å². The van der Waals surface area contributed by atoms with E-state index >= 15 is 0 Å². The van der Waals surface area contributed by atoms with Crippen molar-refractivity contribution < 1.29 is 9.53 Å². The van der Waals surface area contributed by atoms with Gasteiger partial charge in [0.05, 0.1) is 5.54 Å². The summed E-state index contributed by atoms with van der Waals surface area (Å²) in [6, 6.07) is 0.603. The summed E-state index contributed by atoms with van der Waals surface area (Å²) in [4.78, 5) is 12.0. The molecule has 0 unspecified atom stereocenters. The normalized spacial score (nSPS) is 24.4. The van der Waals surface area contributed by atoms with Crippen molar-refractivity contribution >= 4 is 6.09 Å². The number of carbonyl (C=O) groups excluding carboxylic acids is 1. The van der Waals surface area contributed by atoms with Gasteiger partial charge in [0.25, 0.3) is 0 Å². The van der Waals surface area contributed by atoms with Gasteiger partial charge < -0.3 is 15.4 Å². The summed E-state index contributed by atoms with van der Waals surface area (Å²) < 4.78 is 5.41. The molecule has 2 saturated carbocycles. The Hall–Kier alpha value is -0.770. The van der Waals surface area contributed by atoms with Crippen LogP contribution < -0.4 is 10.6 Å². The van der Waals surface area contributed by atoms with Crippen LogP contribution in [0.25, 0.3) is 0 Å². The van der Waals surface area contributed by atoms with Gasteiger partial charge in [0, 0.05) is 12.6 Å². The Bertz CT molecular complexity index is 384. The van der Waals surface area contributed by atoms with Crippen LogP contribution in [-0.4, -0.2) is 29.8 Å². The Labute approximate surface area is 135 Å². The van der Waals surface area contributed by atoms with Crippen LogP contribution in [0.3, 0.4) is 0 Å². The van der Waals surface area contributed by atoms with Crippen molar-refractivity contribution in [2.24, 2.45) is 5.41 Å². The van der Waals surface area contributed by atoms with Gasteiger partial charge in [0.15, 0.2) is 0 Å². The standard InChI is InChI=1S/C18H34N2O2/c1-16(2,3)22-15(21)20-18(9-6-10-18)13-19-14-7-11-17(4,5)12-8-14/h14,19H,6-13H2,1-5H3,(H,20,21). The van der Waals surface area contributed by atoms with E-state index in [1.807, 2.05) is 20.8 Å². The van der Waals surface area contributed by atoms with E-state index in [1.165, 1.54) is 32.1 Å². The van der Waals surface area contributed by atoms with Crippen LogP contribution in [-0.2, 0) is 4.74 Å². The number of alkyl carbamates (subject to hydrolysis) is 1. The number of carbonyl (C=O) groups is 1. The van der Waals surface area contributed by atoms with Gasteiger partial charge in [0.2, 0.25) is 0 Å². The van der Waals surface area contributed by atoms with Crippen molar-refractivity contribution in [2.75, 3.05) is 6.54 Å². The molecule has 1 amide bonds. The molecule has 22 heavy (non-hydrogen) atoms. The Morgan fingerprint density at radius 3 is 2.18 bits per heavy atom. The highest BCUT2D eigenvalue weighted by Crippen LogP contribution is 2.36. The lowest BCUT2D eigenvalue weighted by Gasteiger charge is -2.44. The molecule has 0 saturated heterocycles. The number of nitrogens with one attached hydrogen (secondary N) is 2. The van der Waals surface area contributed by atoms with Crippen LogP contribution in [0, 0.1) is 5.41 Å². The summed E-state index contributed by atoms with van der Waals surface area (Å²) in [5, 5.41) is 6.82. The Morgan fingerprint density at radius 2 is 1.73 bits per heavy atom. The molecular formula is C18H34N2O2. The van der Waals surface area contributed by atoms with Gasteiger partial charge >= 0.3 is 6.09 Å². The molecule has 0 aromatic heterocycles. The first kappa shape index (κ1) is 17.6. The van der Waals surface area contributed by atoms with Gasteiger partial charge in [-0.25, -0.2) is 4.79 Å². The molecule has 0 bridgehead atoms. The van der Waals surface area contributed by atoms with Gasteiger partial charge in [-0.1, -0.05) is 13.8 Å². The third kappa shape index (κ3) is 5.15. The second-order valence-electron chi connectivity index (χ2n) is 9.08. The zero-order valence-corrected chi connectivity index (χ0v) is 15.1. The second kappa shape index (κ2) is 6.38. The minimum Gasteiger partial charge on any atom is -0.444 e. The van der Waals surface area contributed by atoms with E-state index in [0.717, 1.165) is 19.4 Å². The van der Waals surface area contributed by atoms with Gasteiger partial charge in [-0.2, -0.15) is 0 Å². The van der Waals surface area contributed by atoms with Crippen molar-refractivity contribution in [3.05, 3.63) is 0 Å². The molecular weight excluding hydrogens is 276 g/mol.